The Morgan fingerprint density at radius 3 is 2.40 bits per heavy atom. The molecule has 0 radical (unpaired) electrons. The third-order valence-electron chi connectivity index (χ3n) is 5.11. The standard InChI is InChI=1S/C23H30FN5O/c1-2-25-23(26-13-12-19-8-6-7-11-21(19)24)27-18-22(30)29-16-14-28(15-17-29)20-9-4-3-5-10-20/h3-11H,2,12-18H2,1H3,(H2,25,26,27). The van der Waals surface area contributed by atoms with Crippen molar-refractivity contribution in [2.24, 2.45) is 4.99 Å². The maximum Gasteiger partial charge on any atom is 0.244 e. The molecule has 3 rings (SSSR count). The predicted octanol–water partition coefficient (Wildman–Crippen LogP) is 2.27. The number of rotatable bonds is 7. The molecule has 2 aromatic rings. The zero-order valence-corrected chi connectivity index (χ0v) is 17.5. The second kappa shape index (κ2) is 11.2. The monoisotopic (exact) mass is 411 g/mol. The number of amides is 1. The summed E-state index contributed by atoms with van der Waals surface area (Å²) in [4.78, 5) is 21.2. The third-order valence-corrected chi connectivity index (χ3v) is 5.11. The number of carbonyl (C=O) groups excluding carboxylic acids is 1. The van der Waals surface area contributed by atoms with Crippen LogP contribution in [-0.4, -0.2) is 62.6 Å². The fourth-order valence-electron chi connectivity index (χ4n) is 3.46. The number of guanidine groups is 1. The molecular weight excluding hydrogens is 381 g/mol. The van der Waals surface area contributed by atoms with Crippen molar-refractivity contribution in [3.63, 3.8) is 0 Å². The van der Waals surface area contributed by atoms with Gasteiger partial charge in [-0.15, -0.1) is 0 Å². The minimum absolute atomic E-state index is 0.0222. The van der Waals surface area contributed by atoms with E-state index in [-0.39, 0.29) is 18.3 Å². The van der Waals surface area contributed by atoms with Gasteiger partial charge in [0, 0.05) is 45.0 Å². The first-order valence-electron chi connectivity index (χ1n) is 10.5. The van der Waals surface area contributed by atoms with Crippen LogP contribution in [0, 0.1) is 5.82 Å². The molecule has 1 saturated heterocycles. The fraction of sp³-hybridized carbons (Fsp3) is 0.391. The molecule has 1 fully saturated rings. The molecule has 1 amide bonds. The number of nitrogens with zero attached hydrogens (tertiary/aromatic N) is 3. The zero-order chi connectivity index (χ0) is 21.2. The SMILES string of the molecule is CCNC(=NCC(=O)N1CCN(c2ccccc2)CC1)NCCc1ccccc1F. The van der Waals surface area contributed by atoms with Crippen LogP contribution in [0.25, 0.3) is 0 Å². The average molecular weight is 412 g/mol. The Kier molecular flexibility index (Phi) is 8.06. The number of hydrogen-bond donors (Lipinski definition) is 2. The molecular formula is C23H30FN5O. The summed E-state index contributed by atoms with van der Waals surface area (Å²) in [5.41, 5.74) is 1.85. The van der Waals surface area contributed by atoms with Crippen molar-refractivity contribution < 1.29 is 9.18 Å². The normalized spacial score (nSPS) is 14.5. The molecule has 160 valence electrons. The second-order valence-corrected chi connectivity index (χ2v) is 7.17. The van der Waals surface area contributed by atoms with E-state index in [2.05, 4.69) is 32.7 Å². The van der Waals surface area contributed by atoms with Crippen LogP contribution in [0.3, 0.4) is 0 Å². The van der Waals surface area contributed by atoms with Crippen LogP contribution in [0.2, 0.25) is 0 Å². The van der Waals surface area contributed by atoms with Crippen molar-refractivity contribution in [2.75, 3.05) is 50.7 Å². The summed E-state index contributed by atoms with van der Waals surface area (Å²) >= 11 is 0. The lowest BCUT2D eigenvalue weighted by atomic mass is 10.1. The summed E-state index contributed by atoms with van der Waals surface area (Å²) < 4.78 is 13.7. The lowest BCUT2D eigenvalue weighted by Gasteiger charge is -2.36. The van der Waals surface area contributed by atoms with Gasteiger partial charge in [0.15, 0.2) is 5.96 Å². The fourth-order valence-corrected chi connectivity index (χ4v) is 3.46. The van der Waals surface area contributed by atoms with Gasteiger partial charge in [-0.25, -0.2) is 9.38 Å². The van der Waals surface area contributed by atoms with Gasteiger partial charge in [0.1, 0.15) is 12.4 Å². The van der Waals surface area contributed by atoms with Crippen LogP contribution in [0.15, 0.2) is 59.6 Å². The van der Waals surface area contributed by atoms with Gasteiger partial charge in [0.25, 0.3) is 0 Å². The Labute approximate surface area is 177 Å². The van der Waals surface area contributed by atoms with Crippen LogP contribution in [0.1, 0.15) is 12.5 Å². The molecule has 0 saturated carbocycles. The van der Waals surface area contributed by atoms with Gasteiger partial charge in [-0.05, 0) is 37.1 Å². The van der Waals surface area contributed by atoms with Gasteiger partial charge in [-0.1, -0.05) is 36.4 Å². The number of nitrogens with one attached hydrogen (secondary N) is 2. The summed E-state index contributed by atoms with van der Waals surface area (Å²) in [6.45, 7) is 6.33. The quantitative estimate of drug-likeness (QED) is 0.542. The largest absolute Gasteiger partial charge is 0.368 e. The Morgan fingerprint density at radius 1 is 1.00 bits per heavy atom. The van der Waals surface area contributed by atoms with Crippen molar-refractivity contribution in [1.82, 2.24) is 15.5 Å². The molecule has 0 aromatic heterocycles. The van der Waals surface area contributed by atoms with E-state index in [0.717, 1.165) is 13.1 Å². The summed E-state index contributed by atoms with van der Waals surface area (Å²) in [6.07, 6.45) is 0.548. The molecule has 6 nitrogen and oxygen atoms in total. The lowest BCUT2D eigenvalue weighted by molar-refractivity contribution is -0.129. The van der Waals surface area contributed by atoms with E-state index in [1.165, 1.54) is 11.8 Å². The van der Waals surface area contributed by atoms with E-state index < -0.39 is 0 Å². The van der Waals surface area contributed by atoms with E-state index >= 15 is 0 Å². The number of piperazine rings is 1. The molecule has 1 heterocycles. The first-order valence-corrected chi connectivity index (χ1v) is 10.5. The highest BCUT2D eigenvalue weighted by atomic mass is 19.1. The summed E-state index contributed by atoms with van der Waals surface area (Å²) in [5.74, 6) is 0.394. The molecule has 0 unspecified atom stereocenters. The van der Waals surface area contributed by atoms with Gasteiger partial charge in [-0.3, -0.25) is 4.79 Å². The number of benzene rings is 2. The molecule has 2 aromatic carbocycles. The first kappa shape index (κ1) is 21.6. The van der Waals surface area contributed by atoms with Crippen LogP contribution in [0.5, 0.6) is 0 Å². The first-order chi connectivity index (χ1) is 14.7. The molecule has 0 spiro atoms. The molecule has 2 N–H and O–H groups in total. The van der Waals surface area contributed by atoms with Gasteiger partial charge >= 0.3 is 0 Å². The van der Waals surface area contributed by atoms with Crippen LogP contribution < -0.4 is 15.5 Å². The predicted molar refractivity (Wildman–Crippen MR) is 119 cm³/mol. The van der Waals surface area contributed by atoms with Crippen molar-refractivity contribution in [2.45, 2.75) is 13.3 Å². The smallest absolute Gasteiger partial charge is 0.244 e. The average Bonchev–Trinajstić information content (AvgIpc) is 2.79. The van der Waals surface area contributed by atoms with Gasteiger partial charge < -0.3 is 20.4 Å². The number of para-hydroxylation sites is 1. The highest BCUT2D eigenvalue weighted by Gasteiger charge is 2.21. The number of hydrogen-bond acceptors (Lipinski definition) is 3. The minimum atomic E-state index is -0.203. The highest BCUT2D eigenvalue weighted by Crippen LogP contribution is 2.15. The maximum atomic E-state index is 13.7. The molecule has 0 aliphatic carbocycles. The molecule has 0 bridgehead atoms. The maximum absolute atomic E-state index is 13.7. The highest BCUT2D eigenvalue weighted by molar-refractivity contribution is 5.85. The topological polar surface area (TPSA) is 60.0 Å². The molecule has 1 aliphatic heterocycles. The van der Waals surface area contributed by atoms with Crippen molar-refractivity contribution >= 4 is 17.6 Å². The van der Waals surface area contributed by atoms with E-state index in [1.54, 1.807) is 12.1 Å². The molecule has 1 aliphatic rings. The van der Waals surface area contributed by atoms with Crippen molar-refractivity contribution in [1.29, 1.82) is 0 Å². The van der Waals surface area contributed by atoms with E-state index in [0.29, 0.717) is 44.1 Å². The second-order valence-electron chi connectivity index (χ2n) is 7.17. The minimum Gasteiger partial charge on any atom is -0.368 e. The summed E-state index contributed by atoms with van der Waals surface area (Å²) in [6, 6.07) is 17.0. The number of halogens is 1. The summed E-state index contributed by atoms with van der Waals surface area (Å²) in [7, 11) is 0. The lowest BCUT2D eigenvalue weighted by Crippen LogP contribution is -2.49. The molecule has 0 atom stereocenters. The van der Waals surface area contributed by atoms with Crippen LogP contribution in [0.4, 0.5) is 10.1 Å². The van der Waals surface area contributed by atoms with Crippen molar-refractivity contribution in [3.8, 4) is 0 Å². The number of anilines is 1. The van der Waals surface area contributed by atoms with Crippen LogP contribution in [-0.2, 0) is 11.2 Å². The van der Waals surface area contributed by atoms with Crippen LogP contribution >= 0.6 is 0 Å². The third kappa shape index (κ3) is 6.20. The van der Waals surface area contributed by atoms with Crippen molar-refractivity contribution in [3.05, 3.63) is 66.0 Å². The summed E-state index contributed by atoms with van der Waals surface area (Å²) in [5, 5.41) is 6.31. The van der Waals surface area contributed by atoms with E-state index in [4.69, 9.17) is 0 Å². The van der Waals surface area contributed by atoms with Gasteiger partial charge in [0.2, 0.25) is 5.91 Å². The Morgan fingerprint density at radius 2 is 1.70 bits per heavy atom. The van der Waals surface area contributed by atoms with Gasteiger partial charge in [-0.2, -0.15) is 0 Å². The van der Waals surface area contributed by atoms with E-state index in [1.807, 2.05) is 36.1 Å². The Hall–Kier alpha value is -3.09. The number of carbonyl (C=O) groups is 1. The Balaban J connectivity index is 1.46. The molecule has 30 heavy (non-hydrogen) atoms. The van der Waals surface area contributed by atoms with E-state index in [9.17, 15) is 9.18 Å². The number of aliphatic imine (C=N–C) groups is 1. The Bertz CT molecular complexity index is 834. The molecule has 7 heteroatoms. The zero-order valence-electron chi connectivity index (χ0n) is 17.5. The van der Waals surface area contributed by atoms with Gasteiger partial charge in [0.05, 0.1) is 0 Å².